The maximum absolute atomic E-state index is 12.5. The molecule has 0 aliphatic carbocycles. The maximum atomic E-state index is 12.5. The number of hydrogen-bond acceptors (Lipinski definition) is 5. The Labute approximate surface area is 121 Å². The quantitative estimate of drug-likeness (QED) is 0.813. The van der Waals surface area contributed by atoms with Crippen molar-refractivity contribution in [2.75, 3.05) is 6.61 Å². The van der Waals surface area contributed by atoms with Gasteiger partial charge in [0, 0.05) is 10.9 Å². The van der Waals surface area contributed by atoms with Gasteiger partial charge in [-0.1, -0.05) is 0 Å². The van der Waals surface area contributed by atoms with Gasteiger partial charge in [0.15, 0.2) is 0 Å². The summed E-state index contributed by atoms with van der Waals surface area (Å²) in [5.74, 6) is -0.301. The third-order valence-corrected chi connectivity index (χ3v) is 4.47. The lowest BCUT2D eigenvalue weighted by molar-refractivity contribution is -0.143. The van der Waals surface area contributed by atoms with Crippen LogP contribution in [0.4, 0.5) is 0 Å². The van der Waals surface area contributed by atoms with Crippen LogP contribution in [0.1, 0.15) is 36.8 Å². The van der Waals surface area contributed by atoms with Crippen LogP contribution in [-0.2, 0) is 9.53 Å². The van der Waals surface area contributed by atoms with E-state index in [1.807, 2.05) is 20.8 Å². The van der Waals surface area contributed by atoms with Crippen LogP contribution in [0.2, 0.25) is 0 Å². The third-order valence-electron chi connectivity index (χ3n) is 3.36. The number of carbonyl (C=O) groups is 1. The van der Waals surface area contributed by atoms with Gasteiger partial charge in [0.2, 0.25) is 0 Å². The number of thiophene rings is 1. The topological polar surface area (TPSA) is 61.2 Å². The summed E-state index contributed by atoms with van der Waals surface area (Å²) in [6.07, 6.45) is 1.69. The summed E-state index contributed by atoms with van der Waals surface area (Å²) >= 11 is 1.52. The van der Waals surface area contributed by atoms with Gasteiger partial charge >= 0.3 is 5.97 Å². The molecule has 0 N–H and O–H groups in total. The minimum absolute atomic E-state index is 0.0892. The molecule has 0 aliphatic heterocycles. The number of rotatable bonds is 4. The van der Waals surface area contributed by atoms with Gasteiger partial charge in [-0.3, -0.25) is 14.2 Å². The molecule has 2 rings (SSSR count). The normalized spacial score (nSPS) is 12.6. The number of fused-ring (bicyclic) bond motifs is 1. The first-order valence-electron chi connectivity index (χ1n) is 6.58. The third kappa shape index (κ3) is 2.60. The van der Waals surface area contributed by atoms with Crippen LogP contribution in [-0.4, -0.2) is 22.1 Å². The molecule has 0 amide bonds. The average molecular weight is 294 g/mol. The van der Waals surface area contributed by atoms with Gasteiger partial charge in [0.05, 0.1) is 24.7 Å². The minimum Gasteiger partial charge on any atom is -0.466 e. The Balaban J connectivity index is 2.40. The molecule has 0 bridgehead atoms. The first-order chi connectivity index (χ1) is 9.45. The number of carbonyl (C=O) groups excluding carboxylic acids is 1. The molecule has 5 nitrogen and oxygen atoms in total. The van der Waals surface area contributed by atoms with Crippen LogP contribution >= 0.6 is 11.3 Å². The predicted molar refractivity (Wildman–Crippen MR) is 79.3 cm³/mol. The summed E-state index contributed by atoms with van der Waals surface area (Å²) in [5, 5.41) is 0.658. The Hall–Kier alpha value is -1.69. The largest absolute Gasteiger partial charge is 0.466 e. The molecule has 6 heteroatoms. The highest BCUT2D eigenvalue weighted by atomic mass is 32.1. The standard InChI is InChI=1S/C14H18N2O3S/c1-5-19-11(17)6-8(2)16-7-15-13-12(14(16)18)9(3)10(4)20-13/h7-8H,5-6H2,1-4H3. The van der Waals surface area contributed by atoms with Gasteiger partial charge in [0.25, 0.3) is 5.56 Å². The van der Waals surface area contributed by atoms with Crippen molar-refractivity contribution < 1.29 is 9.53 Å². The second-order valence-corrected chi connectivity index (χ2v) is 5.98. The zero-order valence-corrected chi connectivity index (χ0v) is 12.9. The molecule has 0 saturated carbocycles. The SMILES string of the molecule is CCOC(=O)CC(C)n1cnc2sc(C)c(C)c2c1=O. The summed E-state index contributed by atoms with van der Waals surface area (Å²) in [5.41, 5.74) is 0.883. The molecule has 2 aromatic heterocycles. The van der Waals surface area contributed by atoms with Crippen LogP contribution in [0.15, 0.2) is 11.1 Å². The van der Waals surface area contributed by atoms with Crippen molar-refractivity contribution in [3.05, 3.63) is 27.1 Å². The molecule has 2 heterocycles. The second kappa shape index (κ2) is 5.75. The molecule has 0 radical (unpaired) electrons. The molecule has 0 aromatic carbocycles. The zero-order valence-electron chi connectivity index (χ0n) is 12.1. The Morgan fingerprint density at radius 1 is 1.50 bits per heavy atom. The van der Waals surface area contributed by atoms with Crippen molar-refractivity contribution in [2.45, 2.75) is 40.2 Å². The van der Waals surface area contributed by atoms with E-state index in [4.69, 9.17) is 4.74 Å². The lowest BCUT2D eigenvalue weighted by Gasteiger charge is -2.13. The van der Waals surface area contributed by atoms with Gasteiger partial charge in [-0.25, -0.2) is 4.98 Å². The smallest absolute Gasteiger partial charge is 0.307 e. The van der Waals surface area contributed by atoms with Crippen molar-refractivity contribution in [3.8, 4) is 0 Å². The van der Waals surface area contributed by atoms with Gasteiger partial charge in [-0.2, -0.15) is 0 Å². The molecule has 0 aliphatic rings. The van der Waals surface area contributed by atoms with Crippen LogP contribution in [0.3, 0.4) is 0 Å². The first-order valence-corrected chi connectivity index (χ1v) is 7.39. The van der Waals surface area contributed by atoms with E-state index in [0.29, 0.717) is 12.0 Å². The van der Waals surface area contributed by atoms with Gasteiger partial charge in [-0.15, -0.1) is 11.3 Å². The highest BCUT2D eigenvalue weighted by molar-refractivity contribution is 7.18. The molecule has 108 valence electrons. The Kier molecular flexibility index (Phi) is 4.23. The van der Waals surface area contributed by atoms with Crippen molar-refractivity contribution in [1.29, 1.82) is 0 Å². The van der Waals surface area contributed by atoms with Gasteiger partial charge < -0.3 is 4.74 Å². The van der Waals surface area contributed by atoms with Crippen LogP contribution in [0.5, 0.6) is 0 Å². The lowest BCUT2D eigenvalue weighted by atomic mass is 10.2. The van der Waals surface area contributed by atoms with E-state index in [-0.39, 0.29) is 24.0 Å². The monoisotopic (exact) mass is 294 g/mol. The molecule has 1 atom stereocenters. The van der Waals surface area contributed by atoms with Gasteiger partial charge in [-0.05, 0) is 33.3 Å². The molecule has 0 spiro atoms. The van der Waals surface area contributed by atoms with E-state index in [1.54, 1.807) is 6.92 Å². The highest BCUT2D eigenvalue weighted by Gasteiger charge is 2.17. The fourth-order valence-corrected chi connectivity index (χ4v) is 3.11. The molecular formula is C14H18N2O3S. The van der Waals surface area contributed by atoms with Crippen LogP contribution in [0.25, 0.3) is 10.2 Å². The number of aromatic nitrogens is 2. The summed E-state index contributed by atoms with van der Waals surface area (Å²) in [4.78, 5) is 30.2. The van der Waals surface area contributed by atoms with Crippen LogP contribution in [0, 0.1) is 13.8 Å². The number of hydrogen-bond donors (Lipinski definition) is 0. The predicted octanol–water partition coefficient (Wildman–Crippen LogP) is 2.59. The number of esters is 1. The van der Waals surface area contributed by atoms with E-state index >= 15 is 0 Å². The van der Waals surface area contributed by atoms with E-state index in [1.165, 1.54) is 22.2 Å². The molecule has 2 aromatic rings. The zero-order chi connectivity index (χ0) is 14.9. The van der Waals surface area contributed by atoms with Crippen molar-refractivity contribution >= 4 is 27.5 Å². The van der Waals surface area contributed by atoms with E-state index in [2.05, 4.69) is 4.98 Å². The Morgan fingerprint density at radius 3 is 2.85 bits per heavy atom. The van der Waals surface area contributed by atoms with Crippen molar-refractivity contribution in [3.63, 3.8) is 0 Å². The number of aryl methyl sites for hydroxylation is 2. The first kappa shape index (κ1) is 14.7. The van der Waals surface area contributed by atoms with Crippen molar-refractivity contribution in [1.82, 2.24) is 9.55 Å². The summed E-state index contributed by atoms with van der Waals surface area (Å²) in [6.45, 7) is 7.84. The summed E-state index contributed by atoms with van der Waals surface area (Å²) in [6, 6.07) is -0.266. The molecule has 20 heavy (non-hydrogen) atoms. The number of ether oxygens (including phenoxy) is 1. The fraction of sp³-hybridized carbons (Fsp3) is 0.500. The van der Waals surface area contributed by atoms with E-state index in [9.17, 15) is 9.59 Å². The average Bonchev–Trinajstić information content (AvgIpc) is 2.66. The Morgan fingerprint density at radius 2 is 2.20 bits per heavy atom. The van der Waals surface area contributed by atoms with Crippen LogP contribution < -0.4 is 5.56 Å². The fourth-order valence-electron chi connectivity index (χ4n) is 2.12. The van der Waals surface area contributed by atoms with E-state index in [0.717, 1.165) is 15.3 Å². The summed E-state index contributed by atoms with van der Waals surface area (Å²) < 4.78 is 6.43. The molecule has 1 unspecified atom stereocenters. The van der Waals surface area contributed by atoms with Crippen molar-refractivity contribution in [2.24, 2.45) is 0 Å². The van der Waals surface area contributed by atoms with Gasteiger partial charge in [0.1, 0.15) is 4.83 Å². The molecule has 0 saturated heterocycles. The lowest BCUT2D eigenvalue weighted by Crippen LogP contribution is -2.25. The maximum Gasteiger partial charge on any atom is 0.307 e. The second-order valence-electron chi connectivity index (χ2n) is 4.78. The highest BCUT2D eigenvalue weighted by Crippen LogP contribution is 2.26. The minimum atomic E-state index is -0.301. The van der Waals surface area contributed by atoms with E-state index < -0.39 is 0 Å². The molecular weight excluding hydrogens is 276 g/mol. The molecule has 0 fully saturated rings. The summed E-state index contributed by atoms with van der Waals surface area (Å²) in [7, 11) is 0. The number of nitrogens with zero attached hydrogens (tertiary/aromatic N) is 2. The Bertz CT molecular complexity index is 702.